The van der Waals surface area contributed by atoms with Crippen molar-refractivity contribution in [2.45, 2.75) is 26.3 Å². The van der Waals surface area contributed by atoms with Crippen LogP contribution in [0.1, 0.15) is 30.6 Å². The number of thiophene rings is 1. The molecule has 0 radical (unpaired) electrons. The van der Waals surface area contributed by atoms with Crippen LogP contribution in [0.5, 0.6) is 0 Å². The number of hydrogen-bond donors (Lipinski definition) is 1. The van der Waals surface area contributed by atoms with E-state index in [4.69, 9.17) is 0 Å². The van der Waals surface area contributed by atoms with Gasteiger partial charge in [-0.05, 0) is 28.9 Å². The van der Waals surface area contributed by atoms with Gasteiger partial charge in [0.25, 0.3) is 5.91 Å². The van der Waals surface area contributed by atoms with Crippen molar-refractivity contribution in [3.05, 3.63) is 20.8 Å². The third kappa shape index (κ3) is 3.43. The fraction of sp³-hybridized carbons (Fsp3) is 0.400. The van der Waals surface area contributed by atoms with Gasteiger partial charge in [-0.25, -0.2) is 0 Å². The van der Waals surface area contributed by atoms with Gasteiger partial charge in [-0.15, -0.1) is 11.3 Å². The van der Waals surface area contributed by atoms with Crippen LogP contribution in [0.2, 0.25) is 0 Å². The zero-order valence-electron chi connectivity index (χ0n) is 8.54. The largest absolute Gasteiger partial charge is 0.342 e. The normalized spacial score (nSPS) is 12.2. The summed E-state index contributed by atoms with van der Waals surface area (Å²) < 4.78 is 0.905. The number of rotatable bonds is 4. The molecule has 15 heavy (non-hydrogen) atoms. The lowest BCUT2D eigenvalue weighted by Crippen LogP contribution is -2.37. The van der Waals surface area contributed by atoms with E-state index >= 15 is 0 Å². The van der Waals surface area contributed by atoms with Gasteiger partial charge < -0.3 is 5.32 Å². The molecule has 1 aromatic heterocycles. The fourth-order valence-corrected chi connectivity index (χ4v) is 2.23. The quantitative estimate of drug-likeness (QED) is 0.926. The smallest absolute Gasteiger partial charge is 0.252 e. The van der Waals surface area contributed by atoms with E-state index in [0.29, 0.717) is 12.0 Å². The monoisotopic (exact) mass is 289 g/mol. The van der Waals surface area contributed by atoms with Crippen LogP contribution in [-0.4, -0.2) is 17.7 Å². The van der Waals surface area contributed by atoms with E-state index in [-0.39, 0.29) is 11.7 Å². The van der Waals surface area contributed by atoms with Crippen LogP contribution < -0.4 is 5.32 Å². The Balaban J connectivity index is 2.60. The first-order valence-electron chi connectivity index (χ1n) is 4.62. The zero-order valence-corrected chi connectivity index (χ0v) is 10.9. The lowest BCUT2D eigenvalue weighted by atomic mass is 10.1. The maximum absolute atomic E-state index is 11.6. The van der Waals surface area contributed by atoms with Crippen LogP contribution in [0.4, 0.5) is 0 Å². The maximum Gasteiger partial charge on any atom is 0.252 e. The van der Waals surface area contributed by atoms with E-state index < -0.39 is 6.04 Å². The average molecular weight is 290 g/mol. The number of nitrogens with one attached hydrogen (secondary N) is 1. The highest BCUT2D eigenvalue weighted by atomic mass is 79.9. The van der Waals surface area contributed by atoms with Crippen molar-refractivity contribution in [1.82, 2.24) is 5.32 Å². The van der Waals surface area contributed by atoms with Gasteiger partial charge in [-0.2, -0.15) is 0 Å². The van der Waals surface area contributed by atoms with Crippen molar-refractivity contribution >= 4 is 39.0 Å². The van der Waals surface area contributed by atoms with Crippen LogP contribution in [0.25, 0.3) is 0 Å². The molecule has 1 N–H and O–H groups in total. The molecule has 1 atom stereocenters. The van der Waals surface area contributed by atoms with Gasteiger partial charge in [0.1, 0.15) is 0 Å². The summed E-state index contributed by atoms with van der Waals surface area (Å²) in [5.41, 5.74) is 0.586. The van der Waals surface area contributed by atoms with E-state index in [2.05, 4.69) is 21.2 Å². The Morgan fingerprint density at radius 3 is 2.73 bits per heavy atom. The maximum atomic E-state index is 11.6. The third-order valence-corrected chi connectivity index (χ3v) is 3.51. The minimum atomic E-state index is -0.416. The first-order valence-corrected chi connectivity index (χ1v) is 6.29. The molecular weight excluding hydrogens is 278 g/mol. The molecule has 0 bridgehead atoms. The minimum Gasteiger partial charge on any atom is -0.342 e. The first kappa shape index (κ1) is 12.4. The molecule has 0 aliphatic carbocycles. The summed E-state index contributed by atoms with van der Waals surface area (Å²) in [4.78, 5) is 22.9. The van der Waals surface area contributed by atoms with E-state index in [9.17, 15) is 9.59 Å². The predicted octanol–water partition coefficient (Wildman–Crippen LogP) is 2.61. The van der Waals surface area contributed by atoms with E-state index in [1.165, 1.54) is 11.3 Å². The summed E-state index contributed by atoms with van der Waals surface area (Å²) in [7, 11) is 0. The van der Waals surface area contributed by atoms with E-state index in [1.807, 2.05) is 0 Å². The summed E-state index contributed by atoms with van der Waals surface area (Å²) in [6.45, 7) is 3.48. The molecule has 0 aliphatic heterocycles. The first-order chi connectivity index (χ1) is 7.04. The molecule has 82 valence electrons. The lowest BCUT2D eigenvalue weighted by molar-refractivity contribution is -0.120. The number of amides is 1. The number of halogens is 1. The Bertz CT molecular complexity index is 375. The fourth-order valence-electron chi connectivity index (χ4n) is 1.10. The second-order valence-electron chi connectivity index (χ2n) is 3.15. The molecule has 3 nitrogen and oxygen atoms in total. The molecule has 1 rings (SSSR count). The molecule has 5 heteroatoms. The zero-order chi connectivity index (χ0) is 11.4. The number of carbonyl (C=O) groups is 2. The van der Waals surface area contributed by atoms with Crippen LogP contribution >= 0.6 is 27.3 Å². The molecule has 1 amide bonds. The summed E-state index contributed by atoms with van der Waals surface area (Å²) in [6, 6.07) is 1.32. The Labute approximate surface area is 101 Å². The highest BCUT2D eigenvalue weighted by Gasteiger charge is 2.15. The van der Waals surface area contributed by atoms with Crippen molar-refractivity contribution in [2.75, 3.05) is 0 Å². The van der Waals surface area contributed by atoms with E-state index in [1.54, 1.807) is 25.3 Å². The molecule has 0 aromatic carbocycles. The van der Waals surface area contributed by atoms with Crippen LogP contribution in [-0.2, 0) is 4.79 Å². The molecule has 0 saturated heterocycles. The van der Waals surface area contributed by atoms with Crippen molar-refractivity contribution in [3.8, 4) is 0 Å². The van der Waals surface area contributed by atoms with Gasteiger partial charge in [0.05, 0.1) is 15.4 Å². The van der Waals surface area contributed by atoms with Crippen LogP contribution in [0.15, 0.2) is 15.2 Å². The number of ketones is 1. The molecule has 1 aromatic rings. The van der Waals surface area contributed by atoms with Crippen molar-refractivity contribution in [1.29, 1.82) is 0 Å². The Morgan fingerprint density at radius 2 is 2.27 bits per heavy atom. The van der Waals surface area contributed by atoms with Crippen LogP contribution in [0.3, 0.4) is 0 Å². The topological polar surface area (TPSA) is 46.2 Å². The van der Waals surface area contributed by atoms with Gasteiger partial charge >= 0.3 is 0 Å². The second-order valence-corrected chi connectivity index (χ2v) is 5.44. The van der Waals surface area contributed by atoms with Crippen molar-refractivity contribution < 1.29 is 9.59 Å². The predicted molar refractivity (Wildman–Crippen MR) is 64.2 cm³/mol. The van der Waals surface area contributed by atoms with Gasteiger partial charge in [-0.1, -0.05) is 6.92 Å². The Kier molecular flexibility index (Phi) is 4.47. The molecule has 0 aliphatic rings. The number of carbonyl (C=O) groups excluding carboxylic acids is 2. The van der Waals surface area contributed by atoms with E-state index in [0.717, 1.165) is 3.79 Å². The van der Waals surface area contributed by atoms with Gasteiger partial charge in [-0.3, -0.25) is 9.59 Å². The van der Waals surface area contributed by atoms with Gasteiger partial charge in [0.15, 0.2) is 5.78 Å². The molecule has 0 fully saturated rings. The SMILES string of the molecule is CCC(=O)C(C)NC(=O)c1csc(Br)c1. The minimum absolute atomic E-state index is 0.0395. The molecule has 0 spiro atoms. The Hall–Kier alpha value is -0.680. The van der Waals surface area contributed by atoms with Gasteiger partial charge in [0.2, 0.25) is 0 Å². The molecule has 1 heterocycles. The summed E-state index contributed by atoms with van der Waals surface area (Å²) in [6.07, 6.45) is 0.439. The number of hydrogen-bond acceptors (Lipinski definition) is 3. The van der Waals surface area contributed by atoms with Crippen molar-refractivity contribution in [2.24, 2.45) is 0 Å². The Morgan fingerprint density at radius 1 is 1.60 bits per heavy atom. The highest BCUT2D eigenvalue weighted by Crippen LogP contribution is 2.20. The second kappa shape index (κ2) is 5.42. The summed E-state index contributed by atoms with van der Waals surface area (Å²) in [5, 5.41) is 4.41. The molecule has 1 unspecified atom stereocenters. The molecular formula is C10H12BrNO2S. The lowest BCUT2D eigenvalue weighted by Gasteiger charge is -2.10. The average Bonchev–Trinajstić information content (AvgIpc) is 2.63. The van der Waals surface area contributed by atoms with Crippen LogP contribution in [0, 0.1) is 0 Å². The summed E-state index contributed by atoms with van der Waals surface area (Å²) >= 11 is 4.73. The molecule has 0 saturated carbocycles. The number of Topliss-reactive ketones (excluding diaryl/α,β-unsaturated/α-hetero) is 1. The van der Waals surface area contributed by atoms with Gasteiger partial charge in [0, 0.05) is 11.8 Å². The third-order valence-electron chi connectivity index (χ3n) is 2.01. The van der Waals surface area contributed by atoms with Crippen molar-refractivity contribution in [3.63, 3.8) is 0 Å². The standard InChI is InChI=1S/C10H12BrNO2S/c1-3-8(13)6(2)12-10(14)7-4-9(11)15-5-7/h4-6H,3H2,1-2H3,(H,12,14). The highest BCUT2D eigenvalue weighted by molar-refractivity contribution is 9.11. The summed E-state index contributed by atoms with van der Waals surface area (Å²) in [5.74, 6) is -0.163.